The van der Waals surface area contributed by atoms with Crippen LogP contribution in [0.5, 0.6) is 0 Å². The molecule has 3 atom stereocenters. The Morgan fingerprint density at radius 3 is 2.43 bits per heavy atom. The first-order chi connectivity index (χ1) is 6.68. The van der Waals surface area contributed by atoms with Crippen molar-refractivity contribution in [3.63, 3.8) is 0 Å². The van der Waals surface area contributed by atoms with Crippen molar-refractivity contribution in [2.24, 2.45) is 23.7 Å². The van der Waals surface area contributed by atoms with E-state index in [4.69, 9.17) is 0 Å². The van der Waals surface area contributed by atoms with Crippen LogP contribution >= 0.6 is 0 Å². The van der Waals surface area contributed by atoms with E-state index in [0.29, 0.717) is 0 Å². The van der Waals surface area contributed by atoms with Crippen molar-refractivity contribution >= 4 is 0 Å². The highest BCUT2D eigenvalue weighted by molar-refractivity contribution is 4.92. The minimum absolute atomic E-state index is 0.847. The van der Waals surface area contributed by atoms with Gasteiger partial charge in [0.1, 0.15) is 0 Å². The van der Waals surface area contributed by atoms with Gasteiger partial charge in [-0.15, -0.1) is 0 Å². The molecule has 0 radical (unpaired) electrons. The minimum atomic E-state index is 0.847. The summed E-state index contributed by atoms with van der Waals surface area (Å²) in [6.45, 7) is 8.44. The molecule has 1 nitrogen and oxygen atoms in total. The summed E-state index contributed by atoms with van der Waals surface area (Å²) in [5, 5.41) is 3.80. The summed E-state index contributed by atoms with van der Waals surface area (Å²) in [5.74, 6) is 3.69. The summed E-state index contributed by atoms with van der Waals surface area (Å²) in [5.41, 5.74) is 0. The van der Waals surface area contributed by atoms with Crippen LogP contribution in [0.25, 0.3) is 0 Å². The average Bonchev–Trinajstić information content (AvgIpc) is 2.04. The molecule has 1 aliphatic carbocycles. The first kappa shape index (κ1) is 10.5. The zero-order chi connectivity index (χ0) is 10.1. The van der Waals surface area contributed by atoms with Crippen molar-refractivity contribution in [2.45, 2.75) is 52.5 Å². The van der Waals surface area contributed by atoms with Crippen molar-refractivity contribution in [1.29, 1.82) is 0 Å². The van der Waals surface area contributed by atoms with E-state index in [1.54, 1.807) is 0 Å². The van der Waals surface area contributed by atoms with Gasteiger partial charge in [0.15, 0.2) is 0 Å². The second kappa shape index (κ2) is 4.22. The molecule has 1 unspecified atom stereocenters. The molecule has 1 saturated carbocycles. The highest BCUT2D eigenvalue weighted by atomic mass is 15.0. The van der Waals surface area contributed by atoms with Gasteiger partial charge in [-0.25, -0.2) is 0 Å². The lowest BCUT2D eigenvalue weighted by Gasteiger charge is -2.45. The second-order valence-electron chi connectivity index (χ2n) is 5.87. The van der Waals surface area contributed by atoms with Crippen molar-refractivity contribution in [2.75, 3.05) is 6.54 Å². The molecule has 2 aliphatic rings. The Labute approximate surface area is 88.7 Å². The molecule has 1 aliphatic heterocycles. The zero-order valence-corrected chi connectivity index (χ0v) is 9.92. The van der Waals surface area contributed by atoms with Gasteiger partial charge in [0.25, 0.3) is 0 Å². The van der Waals surface area contributed by atoms with Crippen LogP contribution in [-0.2, 0) is 0 Å². The van der Waals surface area contributed by atoms with E-state index in [1.165, 1.54) is 32.2 Å². The predicted molar refractivity (Wildman–Crippen MR) is 61.2 cm³/mol. The summed E-state index contributed by atoms with van der Waals surface area (Å²) in [4.78, 5) is 0. The maximum Gasteiger partial charge on any atom is 0.0126 e. The lowest BCUT2D eigenvalue weighted by atomic mass is 9.68. The fraction of sp³-hybridized carbons (Fsp3) is 1.00. The smallest absolute Gasteiger partial charge is 0.0126 e. The maximum atomic E-state index is 3.80. The summed E-state index contributed by atoms with van der Waals surface area (Å²) in [7, 11) is 0. The third-order valence-corrected chi connectivity index (χ3v) is 4.35. The van der Waals surface area contributed by atoms with Crippen LogP contribution in [0.4, 0.5) is 0 Å². The Bertz CT molecular complexity index is 184. The monoisotopic (exact) mass is 195 g/mol. The molecular weight excluding hydrogens is 170 g/mol. The van der Waals surface area contributed by atoms with Gasteiger partial charge in [-0.1, -0.05) is 27.2 Å². The minimum Gasteiger partial charge on any atom is -0.313 e. The van der Waals surface area contributed by atoms with Gasteiger partial charge in [0, 0.05) is 6.04 Å². The zero-order valence-electron chi connectivity index (χ0n) is 9.92. The van der Waals surface area contributed by atoms with Crippen LogP contribution in [0.3, 0.4) is 0 Å². The summed E-state index contributed by atoms with van der Waals surface area (Å²) < 4.78 is 0. The Kier molecular flexibility index (Phi) is 3.16. The molecule has 2 rings (SSSR count). The molecule has 2 fully saturated rings. The Morgan fingerprint density at radius 2 is 1.93 bits per heavy atom. The number of hydrogen-bond acceptors (Lipinski definition) is 1. The second-order valence-corrected chi connectivity index (χ2v) is 5.87. The van der Waals surface area contributed by atoms with Gasteiger partial charge < -0.3 is 5.32 Å². The molecule has 0 aromatic carbocycles. The van der Waals surface area contributed by atoms with E-state index in [-0.39, 0.29) is 0 Å². The Hall–Kier alpha value is -0.0400. The van der Waals surface area contributed by atoms with Crippen LogP contribution in [0.15, 0.2) is 0 Å². The highest BCUT2D eigenvalue weighted by Crippen LogP contribution is 2.39. The summed E-state index contributed by atoms with van der Waals surface area (Å²) in [6, 6.07) is 0.847. The number of piperidine rings is 1. The van der Waals surface area contributed by atoms with Crippen LogP contribution in [0.2, 0.25) is 0 Å². The van der Waals surface area contributed by atoms with Crippen LogP contribution in [0, 0.1) is 23.7 Å². The highest BCUT2D eigenvalue weighted by Gasteiger charge is 2.37. The largest absolute Gasteiger partial charge is 0.313 e. The quantitative estimate of drug-likeness (QED) is 0.714. The van der Waals surface area contributed by atoms with Gasteiger partial charge in [0.2, 0.25) is 0 Å². The molecular formula is C13H25N. The molecule has 0 bridgehead atoms. The third-order valence-electron chi connectivity index (χ3n) is 4.35. The molecule has 1 saturated heterocycles. The average molecular weight is 195 g/mol. The number of nitrogens with one attached hydrogen (secondary N) is 1. The fourth-order valence-corrected chi connectivity index (χ4v) is 3.19. The van der Waals surface area contributed by atoms with Gasteiger partial charge in [0.05, 0.1) is 0 Å². The van der Waals surface area contributed by atoms with Crippen LogP contribution < -0.4 is 5.32 Å². The molecule has 0 aromatic rings. The van der Waals surface area contributed by atoms with Crippen molar-refractivity contribution < 1.29 is 0 Å². The standard InChI is InChI=1S/C13H25N/c1-9(2)12-7-10(3)8-14-13(12)11-5-4-6-11/h9-14H,4-8H2,1-3H3/t10-,12?,13-/m1/s1. The SMILES string of the molecule is CC(C)C1C[C@@H](C)CN[C@@H]1C1CCC1. The number of rotatable bonds is 2. The van der Waals surface area contributed by atoms with E-state index < -0.39 is 0 Å². The lowest BCUT2D eigenvalue weighted by Crippen LogP contribution is -2.52. The first-order valence-corrected chi connectivity index (χ1v) is 6.42. The lowest BCUT2D eigenvalue weighted by molar-refractivity contribution is 0.0942. The van der Waals surface area contributed by atoms with Crippen molar-refractivity contribution in [3.8, 4) is 0 Å². The Morgan fingerprint density at radius 1 is 1.21 bits per heavy atom. The summed E-state index contributed by atoms with van der Waals surface area (Å²) >= 11 is 0. The van der Waals surface area contributed by atoms with Crippen LogP contribution in [0.1, 0.15) is 46.5 Å². The Balaban J connectivity index is 1.98. The molecule has 0 aromatic heterocycles. The number of hydrogen-bond donors (Lipinski definition) is 1. The van der Waals surface area contributed by atoms with Gasteiger partial charge in [-0.2, -0.15) is 0 Å². The van der Waals surface area contributed by atoms with E-state index in [9.17, 15) is 0 Å². The maximum absolute atomic E-state index is 3.80. The van der Waals surface area contributed by atoms with E-state index in [2.05, 4.69) is 26.1 Å². The molecule has 0 amide bonds. The van der Waals surface area contributed by atoms with Gasteiger partial charge >= 0.3 is 0 Å². The van der Waals surface area contributed by atoms with Crippen molar-refractivity contribution in [1.82, 2.24) is 5.32 Å². The topological polar surface area (TPSA) is 12.0 Å². The van der Waals surface area contributed by atoms with E-state index in [1.807, 2.05) is 0 Å². The van der Waals surface area contributed by atoms with Gasteiger partial charge in [-0.3, -0.25) is 0 Å². The molecule has 82 valence electrons. The molecule has 1 heteroatoms. The van der Waals surface area contributed by atoms with Crippen LogP contribution in [-0.4, -0.2) is 12.6 Å². The van der Waals surface area contributed by atoms with Gasteiger partial charge in [-0.05, 0) is 49.5 Å². The summed E-state index contributed by atoms with van der Waals surface area (Å²) in [6.07, 6.45) is 5.89. The first-order valence-electron chi connectivity index (χ1n) is 6.42. The predicted octanol–water partition coefficient (Wildman–Crippen LogP) is 3.06. The molecule has 1 N–H and O–H groups in total. The molecule has 1 heterocycles. The normalized spacial score (nSPS) is 39.9. The third kappa shape index (κ3) is 1.98. The van der Waals surface area contributed by atoms with E-state index >= 15 is 0 Å². The fourth-order valence-electron chi connectivity index (χ4n) is 3.19. The van der Waals surface area contributed by atoms with E-state index in [0.717, 1.165) is 29.7 Å². The van der Waals surface area contributed by atoms with Crippen molar-refractivity contribution in [3.05, 3.63) is 0 Å². The molecule has 0 spiro atoms. The molecule has 14 heavy (non-hydrogen) atoms.